The van der Waals surface area contributed by atoms with Crippen LogP contribution in [-0.2, 0) is 12.8 Å². The van der Waals surface area contributed by atoms with Crippen molar-refractivity contribution in [1.29, 1.82) is 0 Å². The molecule has 0 heterocycles. The summed E-state index contributed by atoms with van der Waals surface area (Å²) in [6.45, 7) is 8.89. The lowest BCUT2D eigenvalue weighted by atomic mass is 10.0. The summed E-state index contributed by atoms with van der Waals surface area (Å²) in [5.41, 5.74) is 2.66. The van der Waals surface area contributed by atoms with E-state index in [1.54, 1.807) is 0 Å². The maximum Gasteiger partial charge on any atom is 0.293 e. The maximum absolute atomic E-state index is 5.56. The minimum absolute atomic E-state index is 0.665. The Balaban J connectivity index is 1.78. The van der Waals surface area contributed by atoms with Crippen LogP contribution in [0.25, 0.3) is 0 Å². The third-order valence-electron chi connectivity index (χ3n) is 3.40. The Morgan fingerprint density at radius 3 is 1.30 bits per heavy atom. The van der Waals surface area contributed by atoms with Gasteiger partial charge in [-0.1, -0.05) is 52.0 Å². The number of rotatable bonds is 8. The standard InChI is InChI=1S/C20H26O2S/c1-15(2)13-17-5-9-19(10-6-17)21-23-22-20-11-7-18(8-12-20)14-16(3)4/h5-12,15-16H,13-14H2,1-4H3. The van der Waals surface area contributed by atoms with Gasteiger partial charge in [0.05, 0.1) is 0 Å². The summed E-state index contributed by atoms with van der Waals surface area (Å²) in [7, 11) is 0. The summed E-state index contributed by atoms with van der Waals surface area (Å²) in [5, 5.41) is 0. The molecule has 0 N–H and O–H groups in total. The van der Waals surface area contributed by atoms with E-state index in [1.165, 1.54) is 11.1 Å². The van der Waals surface area contributed by atoms with Gasteiger partial charge in [-0.15, -0.1) is 0 Å². The highest BCUT2D eigenvalue weighted by atomic mass is 32.2. The van der Waals surface area contributed by atoms with Gasteiger partial charge in [-0.05, 0) is 60.1 Å². The fourth-order valence-electron chi connectivity index (χ4n) is 2.40. The van der Waals surface area contributed by atoms with E-state index < -0.39 is 0 Å². The number of hydrogen-bond donors (Lipinski definition) is 0. The first-order valence-electron chi connectivity index (χ1n) is 8.22. The third kappa shape index (κ3) is 6.57. The molecule has 0 amide bonds. The first kappa shape index (κ1) is 17.7. The van der Waals surface area contributed by atoms with Crippen LogP contribution in [-0.4, -0.2) is 0 Å². The lowest BCUT2D eigenvalue weighted by Crippen LogP contribution is -1.94. The maximum atomic E-state index is 5.56. The van der Waals surface area contributed by atoms with Gasteiger partial charge in [-0.3, -0.25) is 0 Å². The van der Waals surface area contributed by atoms with Crippen molar-refractivity contribution >= 4 is 12.3 Å². The van der Waals surface area contributed by atoms with Gasteiger partial charge in [0, 0.05) is 0 Å². The van der Waals surface area contributed by atoms with Crippen molar-refractivity contribution in [3.8, 4) is 11.5 Å². The predicted molar refractivity (Wildman–Crippen MR) is 98.8 cm³/mol. The van der Waals surface area contributed by atoms with E-state index in [9.17, 15) is 0 Å². The largest absolute Gasteiger partial charge is 0.391 e. The molecule has 0 aliphatic carbocycles. The van der Waals surface area contributed by atoms with Gasteiger partial charge in [0.25, 0.3) is 12.3 Å². The molecule has 0 unspecified atom stereocenters. The molecule has 0 fully saturated rings. The van der Waals surface area contributed by atoms with Gasteiger partial charge in [0.2, 0.25) is 0 Å². The second-order valence-electron chi connectivity index (χ2n) is 6.72. The molecule has 2 rings (SSSR count). The molecule has 0 atom stereocenters. The highest BCUT2D eigenvalue weighted by Crippen LogP contribution is 2.23. The van der Waals surface area contributed by atoms with Crippen molar-refractivity contribution in [2.45, 2.75) is 40.5 Å². The van der Waals surface area contributed by atoms with Crippen molar-refractivity contribution in [2.24, 2.45) is 11.8 Å². The van der Waals surface area contributed by atoms with Crippen LogP contribution in [0.2, 0.25) is 0 Å². The summed E-state index contributed by atoms with van der Waals surface area (Å²) in [4.78, 5) is 0. The Labute approximate surface area is 144 Å². The van der Waals surface area contributed by atoms with E-state index in [-0.39, 0.29) is 0 Å². The van der Waals surface area contributed by atoms with Crippen molar-refractivity contribution < 1.29 is 8.37 Å². The zero-order valence-electron chi connectivity index (χ0n) is 14.4. The first-order valence-corrected chi connectivity index (χ1v) is 8.88. The summed E-state index contributed by atoms with van der Waals surface area (Å²) in [6.07, 6.45) is 2.18. The Bertz CT molecular complexity index is 520. The van der Waals surface area contributed by atoms with E-state index in [0.717, 1.165) is 36.7 Å². The van der Waals surface area contributed by atoms with E-state index in [1.807, 2.05) is 24.3 Å². The minimum Gasteiger partial charge on any atom is -0.391 e. The fourth-order valence-corrected chi connectivity index (χ4v) is 2.81. The molecule has 0 aromatic heterocycles. The van der Waals surface area contributed by atoms with Crippen LogP contribution in [0.1, 0.15) is 38.8 Å². The Morgan fingerprint density at radius 2 is 1.00 bits per heavy atom. The number of hydrogen-bond acceptors (Lipinski definition) is 3. The molecule has 124 valence electrons. The lowest BCUT2D eigenvalue weighted by Gasteiger charge is -2.08. The van der Waals surface area contributed by atoms with Gasteiger partial charge in [-0.25, -0.2) is 0 Å². The molecule has 0 spiro atoms. The van der Waals surface area contributed by atoms with Crippen LogP contribution in [0.5, 0.6) is 11.5 Å². The van der Waals surface area contributed by atoms with Gasteiger partial charge in [0.15, 0.2) is 0 Å². The zero-order valence-corrected chi connectivity index (χ0v) is 15.2. The van der Waals surface area contributed by atoms with Crippen LogP contribution in [0.4, 0.5) is 0 Å². The third-order valence-corrected chi connectivity index (χ3v) is 3.92. The van der Waals surface area contributed by atoms with Crippen LogP contribution in [0, 0.1) is 11.8 Å². The minimum atomic E-state index is 0.665. The first-order chi connectivity index (χ1) is 11.0. The predicted octanol–water partition coefficient (Wildman–Crippen LogP) is 6.10. The van der Waals surface area contributed by atoms with Gasteiger partial charge < -0.3 is 8.37 Å². The average molecular weight is 330 g/mol. The quantitative estimate of drug-likeness (QED) is 0.544. The molecular weight excluding hydrogens is 304 g/mol. The summed E-state index contributed by atoms with van der Waals surface area (Å²) in [6, 6.07) is 16.4. The average Bonchev–Trinajstić information content (AvgIpc) is 2.50. The Morgan fingerprint density at radius 1 is 0.652 bits per heavy atom. The Kier molecular flexibility index (Phi) is 6.85. The molecule has 0 aliphatic rings. The lowest BCUT2D eigenvalue weighted by molar-refractivity contribution is 0.539. The van der Waals surface area contributed by atoms with Crippen LogP contribution in [0.15, 0.2) is 48.5 Å². The molecule has 3 heteroatoms. The second kappa shape index (κ2) is 8.88. The van der Waals surface area contributed by atoms with Gasteiger partial charge >= 0.3 is 0 Å². The SMILES string of the molecule is CC(C)Cc1ccc(OSOc2ccc(CC(C)C)cc2)cc1. The highest BCUT2D eigenvalue weighted by molar-refractivity contribution is 7.90. The van der Waals surface area contributed by atoms with E-state index in [2.05, 4.69) is 52.0 Å². The molecule has 23 heavy (non-hydrogen) atoms. The van der Waals surface area contributed by atoms with Crippen molar-refractivity contribution in [2.75, 3.05) is 0 Å². The van der Waals surface area contributed by atoms with Crippen LogP contribution < -0.4 is 8.37 Å². The van der Waals surface area contributed by atoms with E-state index >= 15 is 0 Å². The summed E-state index contributed by atoms with van der Waals surface area (Å²) < 4.78 is 11.1. The number of benzene rings is 2. The van der Waals surface area contributed by atoms with Crippen LogP contribution in [0.3, 0.4) is 0 Å². The van der Waals surface area contributed by atoms with Crippen LogP contribution >= 0.6 is 12.3 Å². The van der Waals surface area contributed by atoms with Gasteiger partial charge in [0.1, 0.15) is 11.5 Å². The van der Waals surface area contributed by atoms with Gasteiger partial charge in [-0.2, -0.15) is 0 Å². The van der Waals surface area contributed by atoms with Crippen molar-refractivity contribution in [3.63, 3.8) is 0 Å². The monoisotopic (exact) mass is 330 g/mol. The van der Waals surface area contributed by atoms with Crippen molar-refractivity contribution in [3.05, 3.63) is 59.7 Å². The molecule has 2 nitrogen and oxygen atoms in total. The topological polar surface area (TPSA) is 18.5 Å². The molecule has 0 aliphatic heterocycles. The molecule has 2 aromatic rings. The highest BCUT2D eigenvalue weighted by Gasteiger charge is 2.02. The zero-order chi connectivity index (χ0) is 16.7. The molecule has 0 saturated heterocycles. The van der Waals surface area contributed by atoms with Crippen molar-refractivity contribution in [1.82, 2.24) is 0 Å². The molecule has 2 aromatic carbocycles. The molecule has 0 radical (unpaired) electrons. The smallest absolute Gasteiger partial charge is 0.293 e. The summed E-state index contributed by atoms with van der Waals surface area (Å²) in [5.74, 6) is 2.94. The summed E-state index contributed by atoms with van der Waals surface area (Å²) >= 11 is 0.999. The normalized spacial score (nSPS) is 11.0. The van der Waals surface area contributed by atoms with E-state index in [4.69, 9.17) is 8.37 Å². The molecule has 0 bridgehead atoms. The Hall–Kier alpha value is -1.61. The van der Waals surface area contributed by atoms with E-state index in [0.29, 0.717) is 11.8 Å². The molecule has 0 saturated carbocycles. The molecular formula is C20H26O2S. The fraction of sp³-hybridized carbons (Fsp3) is 0.400. The second-order valence-corrected chi connectivity index (χ2v) is 7.19.